The maximum Gasteiger partial charge on any atom is 0.271 e. The lowest BCUT2D eigenvalue weighted by Crippen LogP contribution is -2.48. The minimum Gasteiger partial charge on any atom is -0.369 e. The Labute approximate surface area is 174 Å². The number of nitrogens with zero attached hydrogens (tertiary/aromatic N) is 2. The second kappa shape index (κ2) is 9.78. The van der Waals surface area contributed by atoms with Crippen LogP contribution >= 0.6 is 23.2 Å². The lowest BCUT2D eigenvalue weighted by atomic mass is 10.2. The average Bonchev–Trinajstić information content (AvgIpc) is 2.71. The molecule has 0 unspecified atom stereocenters. The Morgan fingerprint density at radius 2 is 1.64 bits per heavy atom. The summed E-state index contributed by atoms with van der Waals surface area (Å²) in [4.78, 5) is 28.7. The van der Waals surface area contributed by atoms with Gasteiger partial charge in [0.25, 0.3) is 5.91 Å². The first-order valence-electron chi connectivity index (χ1n) is 9.09. The van der Waals surface area contributed by atoms with Gasteiger partial charge in [-0.3, -0.25) is 25.3 Å². The van der Waals surface area contributed by atoms with Crippen LogP contribution in [0.25, 0.3) is 0 Å². The fourth-order valence-electron chi connectivity index (χ4n) is 3.06. The molecule has 6 nitrogen and oxygen atoms in total. The molecule has 0 saturated carbocycles. The van der Waals surface area contributed by atoms with E-state index in [9.17, 15) is 9.59 Å². The molecule has 0 radical (unpaired) electrons. The van der Waals surface area contributed by atoms with Crippen molar-refractivity contribution in [1.82, 2.24) is 15.8 Å². The fourth-order valence-corrected chi connectivity index (χ4v) is 3.55. The van der Waals surface area contributed by atoms with Crippen molar-refractivity contribution < 1.29 is 9.59 Å². The molecule has 148 valence electrons. The molecular formula is C20H22Cl2N4O2. The third kappa shape index (κ3) is 5.61. The smallest absolute Gasteiger partial charge is 0.271 e. The molecule has 3 rings (SSSR count). The third-order valence-corrected chi connectivity index (χ3v) is 5.19. The molecule has 0 aromatic heterocycles. The molecule has 2 amide bonds. The van der Waals surface area contributed by atoms with Crippen molar-refractivity contribution in [2.45, 2.75) is 6.42 Å². The van der Waals surface area contributed by atoms with Gasteiger partial charge in [-0.05, 0) is 30.3 Å². The summed E-state index contributed by atoms with van der Waals surface area (Å²) >= 11 is 11.8. The van der Waals surface area contributed by atoms with Crippen molar-refractivity contribution in [3.63, 3.8) is 0 Å². The quantitative estimate of drug-likeness (QED) is 0.729. The summed E-state index contributed by atoms with van der Waals surface area (Å²) in [5.74, 6) is -0.726. The van der Waals surface area contributed by atoms with Crippen molar-refractivity contribution >= 4 is 40.7 Å². The molecule has 1 saturated heterocycles. The van der Waals surface area contributed by atoms with Crippen LogP contribution in [0.3, 0.4) is 0 Å². The number of carbonyl (C=O) groups excluding carboxylic acids is 2. The van der Waals surface area contributed by atoms with Gasteiger partial charge in [-0.2, -0.15) is 0 Å². The average molecular weight is 421 g/mol. The van der Waals surface area contributed by atoms with Crippen molar-refractivity contribution in [2.24, 2.45) is 0 Å². The highest BCUT2D eigenvalue weighted by molar-refractivity contribution is 6.36. The predicted molar refractivity (Wildman–Crippen MR) is 112 cm³/mol. The zero-order valence-corrected chi connectivity index (χ0v) is 16.8. The molecule has 0 atom stereocenters. The maximum absolute atomic E-state index is 12.1. The van der Waals surface area contributed by atoms with Crippen LogP contribution < -0.4 is 15.8 Å². The number of para-hydroxylation sites is 1. The second-order valence-electron chi connectivity index (χ2n) is 6.54. The van der Waals surface area contributed by atoms with Gasteiger partial charge in [0, 0.05) is 49.9 Å². The van der Waals surface area contributed by atoms with Crippen molar-refractivity contribution in [2.75, 3.05) is 37.6 Å². The number of rotatable bonds is 5. The van der Waals surface area contributed by atoms with E-state index in [4.69, 9.17) is 23.2 Å². The van der Waals surface area contributed by atoms with Crippen LogP contribution in [0.15, 0.2) is 48.5 Å². The molecule has 0 bridgehead atoms. The van der Waals surface area contributed by atoms with Crippen molar-refractivity contribution in [3.8, 4) is 0 Å². The summed E-state index contributed by atoms with van der Waals surface area (Å²) in [6, 6.07) is 14.9. The van der Waals surface area contributed by atoms with E-state index < -0.39 is 5.91 Å². The Bertz CT molecular complexity index is 824. The summed E-state index contributed by atoms with van der Waals surface area (Å²) in [6.45, 7) is 4.30. The monoisotopic (exact) mass is 420 g/mol. The second-order valence-corrected chi connectivity index (χ2v) is 7.38. The predicted octanol–water partition coefficient (Wildman–Crippen LogP) is 2.97. The first kappa shape index (κ1) is 20.5. The van der Waals surface area contributed by atoms with Gasteiger partial charge in [0.2, 0.25) is 5.91 Å². The number of hydrogen-bond donors (Lipinski definition) is 2. The zero-order valence-electron chi connectivity index (χ0n) is 15.3. The van der Waals surface area contributed by atoms with E-state index in [0.717, 1.165) is 26.2 Å². The van der Waals surface area contributed by atoms with Crippen LogP contribution in [-0.2, 0) is 4.79 Å². The number of carbonyl (C=O) groups is 2. The Morgan fingerprint density at radius 3 is 2.32 bits per heavy atom. The first-order chi connectivity index (χ1) is 13.5. The van der Waals surface area contributed by atoms with E-state index in [0.29, 0.717) is 18.0 Å². The molecule has 8 heteroatoms. The summed E-state index contributed by atoms with van der Waals surface area (Å²) in [6.07, 6.45) is 0.306. The molecular weight excluding hydrogens is 399 g/mol. The number of piperazine rings is 1. The molecule has 0 aliphatic carbocycles. The molecule has 1 aliphatic rings. The Hall–Kier alpha value is -2.28. The Kier molecular flexibility index (Phi) is 7.14. The van der Waals surface area contributed by atoms with Crippen LogP contribution in [0.1, 0.15) is 16.8 Å². The number of benzene rings is 2. The molecule has 1 heterocycles. The van der Waals surface area contributed by atoms with E-state index >= 15 is 0 Å². The van der Waals surface area contributed by atoms with Gasteiger partial charge in [-0.15, -0.1) is 0 Å². The standard InChI is InChI=1S/C20H22Cl2N4O2/c21-15-6-7-17(18(22)14-15)20(28)24-23-19(27)8-9-25-10-12-26(13-11-25)16-4-2-1-3-5-16/h1-7,14H,8-13H2,(H,23,27)(H,24,28). The normalized spacial score (nSPS) is 14.6. The summed E-state index contributed by atoms with van der Waals surface area (Å²) in [5.41, 5.74) is 6.29. The largest absolute Gasteiger partial charge is 0.369 e. The highest BCUT2D eigenvalue weighted by Gasteiger charge is 2.18. The first-order valence-corrected chi connectivity index (χ1v) is 9.85. The van der Waals surface area contributed by atoms with E-state index in [2.05, 4.69) is 32.8 Å². The van der Waals surface area contributed by atoms with Gasteiger partial charge >= 0.3 is 0 Å². The van der Waals surface area contributed by atoms with E-state index in [1.54, 1.807) is 6.07 Å². The highest BCUT2D eigenvalue weighted by Crippen LogP contribution is 2.20. The Morgan fingerprint density at radius 1 is 0.929 bits per heavy atom. The number of halogens is 2. The van der Waals surface area contributed by atoms with Gasteiger partial charge in [-0.25, -0.2) is 0 Å². The molecule has 2 aromatic carbocycles. The van der Waals surface area contributed by atoms with Crippen molar-refractivity contribution in [1.29, 1.82) is 0 Å². The van der Waals surface area contributed by atoms with Crippen molar-refractivity contribution in [3.05, 3.63) is 64.1 Å². The number of anilines is 1. The highest BCUT2D eigenvalue weighted by atomic mass is 35.5. The van der Waals surface area contributed by atoms with Crippen LogP contribution in [0, 0.1) is 0 Å². The van der Waals surface area contributed by atoms with Crippen LogP contribution in [0.2, 0.25) is 10.0 Å². The molecule has 2 aromatic rings. The summed E-state index contributed by atoms with van der Waals surface area (Å²) in [7, 11) is 0. The van der Waals surface area contributed by atoms with Gasteiger partial charge < -0.3 is 4.90 Å². The SMILES string of the molecule is O=C(CCN1CCN(c2ccccc2)CC1)NNC(=O)c1ccc(Cl)cc1Cl. The van der Waals surface area contributed by atoms with Crippen LogP contribution in [0.5, 0.6) is 0 Å². The topological polar surface area (TPSA) is 64.7 Å². The molecule has 1 fully saturated rings. The number of hydrogen-bond acceptors (Lipinski definition) is 4. The van der Waals surface area contributed by atoms with Gasteiger partial charge in [0.1, 0.15) is 0 Å². The lowest BCUT2D eigenvalue weighted by Gasteiger charge is -2.36. The van der Waals surface area contributed by atoms with E-state index in [-0.39, 0.29) is 16.5 Å². The van der Waals surface area contributed by atoms with Gasteiger partial charge in [0.15, 0.2) is 0 Å². The number of nitrogens with one attached hydrogen (secondary N) is 2. The van der Waals surface area contributed by atoms with E-state index in [1.165, 1.54) is 17.8 Å². The Balaban J connectivity index is 1.37. The fraction of sp³-hybridized carbons (Fsp3) is 0.300. The number of hydrazine groups is 1. The summed E-state index contributed by atoms with van der Waals surface area (Å²) in [5, 5.41) is 0.675. The maximum atomic E-state index is 12.1. The van der Waals surface area contributed by atoms with Crippen LogP contribution in [0.4, 0.5) is 5.69 Å². The third-order valence-electron chi connectivity index (χ3n) is 4.64. The summed E-state index contributed by atoms with van der Waals surface area (Å²) < 4.78 is 0. The molecule has 0 spiro atoms. The number of amides is 2. The van der Waals surface area contributed by atoms with Gasteiger partial charge in [-0.1, -0.05) is 41.4 Å². The van der Waals surface area contributed by atoms with E-state index in [1.807, 2.05) is 18.2 Å². The van der Waals surface area contributed by atoms with Crippen LogP contribution in [-0.4, -0.2) is 49.4 Å². The minimum absolute atomic E-state index is 0.232. The minimum atomic E-state index is -0.480. The van der Waals surface area contributed by atoms with Gasteiger partial charge in [0.05, 0.1) is 10.6 Å². The molecule has 1 aliphatic heterocycles. The molecule has 28 heavy (non-hydrogen) atoms. The lowest BCUT2D eigenvalue weighted by molar-refractivity contribution is -0.122. The zero-order chi connectivity index (χ0) is 19.9. The molecule has 2 N–H and O–H groups in total.